The molecule has 1 heterocycles. The van der Waals surface area contributed by atoms with Crippen LogP contribution in [0.1, 0.15) is 20.2 Å². The summed E-state index contributed by atoms with van der Waals surface area (Å²) in [7, 11) is 1.63. The molecule has 0 aliphatic carbocycles. The van der Waals surface area contributed by atoms with Crippen molar-refractivity contribution in [3.63, 3.8) is 0 Å². The molecule has 0 atom stereocenters. The summed E-state index contributed by atoms with van der Waals surface area (Å²) in [4.78, 5) is 16.0. The molecular weight excluding hydrogens is 250 g/mol. The predicted molar refractivity (Wildman–Crippen MR) is 69.6 cm³/mol. The summed E-state index contributed by atoms with van der Waals surface area (Å²) in [6.45, 7) is 0. The second-order valence-electron chi connectivity index (χ2n) is 3.62. The molecule has 18 heavy (non-hydrogen) atoms. The molecule has 3 N–H and O–H groups in total. The molecule has 0 aliphatic rings. The number of carbonyl (C=O) groups is 1. The Kier molecular flexibility index (Phi) is 3.91. The van der Waals surface area contributed by atoms with Gasteiger partial charge in [0.25, 0.3) is 5.91 Å². The second-order valence-corrected chi connectivity index (χ2v) is 4.73. The highest BCUT2D eigenvalue weighted by Crippen LogP contribution is 2.18. The molecule has 5 nitrogen and oxygen atoms in total. The third-order valence-corrected chi connectivity index (χ3v) is 3.42. The Bertz CT molecular complexity index is 537. The number of rotatable bonds is 4. The maximum absolute atomic E-state index is 11.3. The lowest BCUT2D eigenvalue weighted by molar-refractivity contribution is 0.0957. The van der Waals surface area contributed by atoms with Gasteiger partial charge in [0.05, 0.1) is 18.3 Å². The Morgan fingerprint density at radius 3 is 2.78 bits per heavy atom. The van der Waals surface area contributed by atoms with Gasteiger partial charge < -0.3 is 4.74 Å². The van der Waals surface area contributed by atoms with Gasteiger partial charge in [0.1, 0.15) is 10.6 Å². The van der Waals surface area contributed by atoms with Crippen LogP contribution in [0.4, 0.5) is 0 Å². The van der Waals surface area contributed by atoms with Gasteiger partial charge in [-0.1, -0.05) is 12.1 Å². The van der Waals surface area contributed by atoms with Crippen molar-refractivity contribution in [2.24, 2.45) is 5.84 Å². The van der Waals surface area contributed by atoms with Gasteiger partial charge in [-0.05, 0) is 17.7 Å². The van der Waals surface area contributed by atoms with Crippen LogP contribution < -0.4 is 16.0 Å². The standard InChI is InChI=1S/C12H13N3O2S/c1-17-9-4-2-8(3-5-9)6-11-14-7-10(18-11)12(16)15-13/h2-5,7H,6,13H2,1H3,(H,15,16). The van der Waals surface area contributed by atoms with Crippen molar-refractivity contribution in [2.45, 2.75) is 6.42 Å². The minimum absolute atomic E-state index is 0.312. The van der Waals surface area contributed by atoms with Crippen molar-refractivity contribution < 1.29 is 9.53 Å². The first-order valence-electron chi connectivity index (χ1n) is 5.31. The predicted octanol–water partition coefficient (Wildman–Crippen LogP) is 1.35. The first-order valence-corrected chi connectivity index (χ1v) is 6.13. The number of hydrogen-bond acceptors (Lipinski definition) is 5. The molecule has 0 unspecified atom stereocenters. The maximum atomic E-state index is 11.3. The van der Waals surface area contributed by atoms with E-state index in [4.69, 9.17) is 10.6 Å². The van der Waals surface area contributed by atoms with Gasteiger partial charge in [0.2, 0.25) is 0 Å². The molecule has 0 saturated heterocycles. The van der Waals surface area contributed by atoms with Gasteiger partial charge in [0.15, 0.2) is 0 Å². The van der Waals surface area contributed by atoms with Gasteiger partial charge in [-0.25, -0.2) is 10.8 Å². The van der Waals surface area contributed by atoms with E-state index in [1.165, 1.54) is 17.5 Å². The second kappa shape index (κ2) is 5.61. The maximum Gasteiger partial charge on any atom is 0.276 e. The van der Waals surface area contributed by atoms with Crippen LogP contribution in [0, 0.1) is 0 Å². The number of ether oxygens (including phenoxy) is 1. The average molecular weight is 263 g/mol. The number of nitrogen functional groups attached to an aromatic ring is 1. The average Bonchev–Trinajstić information content (AvgIpc) is 2.87. The van der Waals surface area contributed by atoms with Crippen molar-refractivity contribution in [1.29, 1.82) is 0 Å². The summed E-state index contributed by atoms with van der Waals surface area (Å²) < 4.78 is 5.09. The summed E-state index contributed by atoms with van der Waals surface area (Å²) in [6.07, 6.45) is 2.22. The zero-order valence-corrected chi connectivity index (χ0v) is 10.7. The van der Waals surface area contributed by atoms with E-state index in [0.29, 0.717) is 11.3 Å². The number of hydrogen-bond donors (Lipinski definition) is 2. The number of thiazole rings is 1. The van der Waals surface area contributed by atoms with Crippen LogP contribution in [-0.4, -0.2) is 18.0 Å². The van der Waals surface area contributed by atoms with Crippen LogP contribution in [0.2, 0.25) is 0 Å². The number of nitrogens with zero attached hydrogens (tertiary/aromatic N) is 1. The highest BCUT2D eigenvalue weighted by molar-refractivity contribution is 7.13. The van der Waals surface area contributed by atoms with E-state index in [2.05, 4.69) is 10.4 Å². The van der Waals surface area contributed by atoms with Crippen LogP contribution in [0.25, 0.3) is 0 Å². The van der Waals surface area contributed by atoms with E-state index < -0.39 is 0 Å². The van der Waals surface area contributed by atoms with E-state index in [-0.39, 0.29) is 5.91 Å². The summed E-state index contributed by atoms with van der Waals surface area (Å²) in [6, 6.07) is 7.75. The van der Waals surface area contributed by atoms with Crippen molar-refractivity contribution in [3.8, 4) is 5.75 Å². The number of aromatic nitrogens is 1. The molecule has 0 bridgehead atoms. The molecule has 0 fully saturated rings. The highest BCUT2D eigenvalue weighted by atomic mass is 32.1. The number of amides is 1. The zero-order chi connectivity index (χ0) is 13.0. The van der Waals surface area contributed by atoms with Crippen LogP contribution in [0.5, 0.6) is 5.75 Å². The first kappa shape index (κ1) is 12.5. The molecule has 2 rings (SSSR count). The lowest BCUT2D eigenvalue weighted by atomic mass is 10.1. The number of nitrogens with two attached hydrogens (primary N) is 1. The third kappa shape index (κ3) is 2.85. The number of nitrogens with one attached hydrogen (secondary N) is 1. The summed E-state index contributed by atoms with van der Waals surface area (Å²) >= 11 is 1.34. The molecule has 0 saturated carbocycles. The number of methoxy groups -OCH3 is 1. The fourth-order valence-electron chi connectivity index (χ4n) is 1.49. The van der Waals surface area contributed by atoms with Crippen LogP contribution in [-0.2, 0) is 6.42 Å². The Hall–Kier alpha value is -1.92. The van der Waals surface area contributed by atoms with Crippen molar-refractivity contribution in [3.05, 3.63) is 45.9 Å². The largest absolute Gasteiger partial charge is 0.497 e. The minimum Gasteiger partial charge on any atom is -0.497 e. The summed E-state index contributed by atoms with van der Waals surface area (Å²) in [5, 5.41) is 0.874. The van der Waals surface area contributed by atoms with Crippen molar-refractivity contribution >= 4 is 17.2 Å². The minimum atomic E-state index is -0.312. The SMILES string of the molecule is COc1ccc(Cc2ncc(C(=O)NN)s2)cc1. The van der Waals surface area contributed by atoms with Crippen molar-refractivity contribution in [2.75, 3.05) is 7.11 Å². The Morgan fingerprint density at radius 1 is 1.44 bits per heavy atom. The lowest BCUT2D eigenvalue weighted by Crippen LogP contribution is -2.29. The summed E-state index contributed by atoms with van der Waals surface area (Å²) in [5.41, 5.74) is 3.20. The van der Waals surface area contributed by atoms with E-state index >= 15 is 0 Å². The fourth-order valence-corrected chi connectivity index (χ4v) is 2.34. The topological polar surface area (TPSA) is 77.2 Å². The van der Waals surface area contributed by atoms with Crippen LogP contribution in [0.15, 0.2) is 30.5 Å². The zero-order valence-electron chi connectivity index (χ0n) is 9.84. The van der Waals surface area contributed by atoms with Gasteiger partial charge in [-0.2, -0.15) is 0 Å². The number of hydrazine groups is 1. The Balaban J connectivity index is 2.08. The normalized spacial score (nSPS) is 10.1. The molecule has 2 aromatic rings. The molecule has 1 aromatic heterocycles. The molecule has 1 amide bonds. The summed E-state index contributed by atoms with van der Waals surface area (Å²) in [5.74, 6) is 5.57. The highest BCUT2D eigenvalue weighted by Gasteiger charge is 2.09. The van der Waals surface area contributed by atoms with E-state index in [9.17, 15) is 4.79 Å². The number of carbonyl (C=O) groups excluding carboxylic acids is 1. The van der Waals surface area contributed by atoms with Crippen LogP contribution in [0.3, 0.4) is 0 Å². The quantitative estimate of drug-likeness (QED) is 0.496. The molecule has 0 radical (unpaired) electrons. The first-order chi connectivity index (χ1) is 8.72. The smallest absolute Gasteiger partial charge is 0.276 e. The third-order valence-electron chi connectivity index (χ3n) is 2.42. The molecule has 0 spiro atoms. The van der Waals surface area contributed by atoms with Crippen molar-refractivity contribution in [1.82, 2.24) is 10.4 Å². The molecule has 6 heteroatoms. The molecular formula is C12H13N3O2S. The monoisotopic (exact) mass is 263 g/mol. The van der Waals surface area contributed by atoms with Gasteiger partial charge in [0, 0.05) is 6.42 Å². The van der Waals surface area contributed by atoms with E-state index in [1.54, 1.807) is 7.11 Å². The molecule has 1 aromatic carbocycles. The van der Waals surface area contributed by atoms with Crippen LogP contribution >= 0.6 is 11.3 Å². The van der Waals surface area contributed by atoms with Gasteiger partial charge in [-0.3, -0.25) is 10.2 Å². The Morgan fingerprint density at radius 2 is 2.17 bits per heavy atom. The number of benzene rings is 1. The lowest BCUT2D eigenvalue weighted by Gasteiger charge is -2.01. The fraction of sp³-hybridized carbons (Fsp3) is 0.167. The Labute approximate surface area is 109 Å². The van der Waals surface area contributed by atoms with E-state index in [1.807, 2.05) is 24.3 Å². The molecule has 0 aliphatic heterocycles. The molecule has 94 valence electrons. The van der Waals surface area contributed by atoms with Gasteiger partial charge in [-0.15, -0.1) is 11.3 Å². The van der Waals surface area contributed by atoms with E-state index in [0.717, 1.165) is 16.3 Å². The van der Waals surface area contributed by atoms with Gasteiger partial charge >= 0.3 is 0 Å².